The number of esters is 2. The highest BCUT2D eigenvalue weighted by Crippen LogP contribution is 2.24. The van der Waals surface area contributed by atoms with Gasteiger partial charge in [-0.3, -0.25) is 4.90 Å². The Bertz CT molecular complexity index is 1210. The van der Waals surface area contributed by atoms with Crippen LogP contribution in [0.4, 0.5) is 5.69 Å². The highest BCUT2D eigenvalue weighted by molar-refractivity contribution is 14.1. The van der Waals surface area contributed by atoms with Crippen LogP contribution in [0.3, 0.4) is 0 Å². The van der Waals surface area contributed by atoms with E-state index in [-0.39, 0.29) is 25.2 Å². The molecule has 3 aromatic carbocycles. The Balaban J connectivity index is 1.65. The SMILES string of the molecule is O=C(OCC[NH+](CCOC(=O)c1cc(I)cc(I)c1I)c1cccc(Cl)c1)c1cc(I)cc(I)c1I. The second-order valence-corrected chi connectivity index (χ2v) is 14.8. The van der Waals surface area contributed by atoms with Crippen molar-refractivity contribution in [2.45, 2.75) is 0 Å². The smallest absolute Gasteiger partial charge is 0.339 e. The van der Waals surface area contributed by atoms with Crippen LogP contribution in [0.2, 0.25) is 5.02 Å². The number of rotatable bonds is 9. The van der Waals surface area contributed by atoms with E-state index in [0.29, 0.717) is 29.2 Å². The second kappa shape index (κ2) is 15.3. The van der Waals surface area contributed by atoms with Crippen molar-refractivity contribution in [1.82, 2.24) is 0 Å². The Morgan fingerprint density at radius 1 is 0.722 bits per heavy atom. The molecule has 0 fully saturated rings. The summed E-state index contributed by atoms with van der Waals surface area (Å²) >= 11 is 19.4. The lowest BCUT2D eigenvalue weighted by Gasteiger charge is -2.19. The number of carbonyl (C=O) groups is 2. The van der Waals surface area contributed by atoms with Crippen LogP contribution in [-0.4, -0.2) is 38.2 Å². The zero-order valence-electron chi connectivity index (χ0n) is 18.2. The van der Waals surface area contributed by atoms with Crippen molar-refractivity contribution in [2.24, 2.45) is 0 Å². The molecule has 0 atom stereocenters. The van der Waals surface area contributed by atoms with E-state index in [9.17, 15) is 9.59 Å². The molecule has 0 bridgehead atoms. The number of ether oxygens (including phenoxy) is 2. The van der Waals surface area contributed by atoms with Crippen LogP contribution >= 0.6 is 147 Å². The Labute approximate surface area is 296 Å². The summed E-state index contributed by atoms with van der Waals surface area (Å²) < 4.78 is 17.0. The van der Waals surface area contributed by atoms with E-state index < -0.39 is 0 Å². The van der Waals surface area contributed by atoms with Crippen molar-refractivity contribution in [3.63, 3.8) is 0 Å². The molecule has 36 heavy (non-hydrogen) atoms. The number of hydrogen-bond acceptors (Lipinski definition) is 4. The maximum absolute atomic E-state index is 12.8. The summed E-state index contributed by atoms with van der Waals surface area (Å²) in [5.41, 5.74) is 2.06. The standard InChI is InChI=1S/C24H16ClI6NO4/c25-13-2-1-3-16(8-13)32(4-6-35-23(33)17-9-14(26)11-19(28)21(17)30)5-7-36-24(34)18-10-15(27)12-20(29)22(18)31/h1-3,8-12H,4-7H2/p+1. The van der Waals surface area contributed by atoms with Gasteiger partial charge in [-0.25, -0.2) is 9.59 Å². The minimum absolute atomic E-state index is 0.208. The van der Waals surface area contributed by atoms with Gasteiger partial charge in [0, 0.05) is 32.5 Å². The van der Waals surface area contributed by atoms with Crippen LogP contribution < -0.4 is 4.90 Å². The van der Waals surface area contributed by atoms with Gasteiger partial charge in [-0.05, 0) is 172 Å². The number of carbonyl (C=O) groups excluding carboxylic acids is 2. The van der Waals surface area contributed by atoms with Crippen molar-refractivity contribution in [2.75, 3.05) is 26.3 Å². The summed E-state index contributed by atoms with van der Waals surface area (Å²) in [6.45, 7) is 1.42. The fourth-order valence-electron chi connectivity index (χ4n) is 3.22. The fourth-order valence-corrected chi connectivity index (χ4v) is 8.16. The molecule has 0 aliphatic rings. The molecular weight excluding hydrogens is 1160 g/mol. The molecular formula is C24H17ClI6NO4+. The maximum atomic E-state index is 12.8. The van der Waals surface area contributed by atoms with Gasteiger partial charge in [0.25, 0.3) is 0 Å². The third-order valence-electron chi connectivity index (χ3n) is 4.93. The van der Waals surface area contributed by atoms with Gasteiger partial charge in [-0.1, -0.05) is 17.7 Å². The van der Waals surface area contributed by atoms with Gasteiger partial charge in [-0.2, -0.15) is 0 Å². The maximum Gasteiger partial charge on any atom is 0.339 e. The van der Waals surface area contributed by atoms with E-state index in [0.717, 1.165) is 32.0 Å². The minimum atomic E-state index is -0.351. The first-order valence-electron chi connectivity index (χ1n) is 10.3. The van der Waals surface area contributed by atoms with Crippen molar-refractivity contribution in [3.8, 4) is 0 Å². The molecule has 0 aliphatic heterocycles. The number of halogens is 7. The van der Waals surface area contributed by atoms with Gasteiger partial charge < -0.3 is 9.47 Å². The van der Waals surface area contributed by atoms with E-state index in [1.165, 1.54) is 0 Å². The predicted octanol–water partition coefficient (Wildman–Crippen LogP) is 7.20. The zero-order valence-corrected chi connectivity index (χ0v) is 31.9. The predicted molar refractivity (Wildman–Crippen MR) is 192 cm³/mol. The molecule has 0 aromatic heterocycles. The lowest BCUT2D eigenvalue weighted by Crippen LogP contribution is -3.08. The van der Waals surface area contributed by atoms with Gasteiger partial charge in [0.15, 0.2) is 0 Å². The van der Waals surface area contributed by atoms with Crippen LogP contribution in [0.1, 0.15) is 20.7 Å². The molecule has 0 amide bonds. The van der Waals surface area contributed by atoms with Crippen LogP contribution in [-0.2, 0) is 9.47 Å². The molecule has 0 unspecified atom stereocenters. The molecule has 12 heteroatoms. The third-order valence-corrected chi connectivity index (χ3v) is 12.5. The molecule has 3 rings (SSSR count). The Morgan fingerprint density at radius 2 is 1.19 bits per heavy atom. The van der Waals surface area contributed by atoms with Crippen LogP contribution in [0.15, 0.2) is 48.5 Å². The summed E-state index contributed by atoms with van der Waals surface area (Å²) in [7, 11) is 0. The minimum Gasteiger partial charge on any atom is -0.456 e. The molecule has 0 saturated heterocycles. The van der Waals surface area contributed by atoms with E-state index in [1.807, 2.05) is 48.5 Å². The van der Waals surface area contributed by atoms with Gasteiger partial charge in [0.1, 0.15) is 32.0 Å². The largest absolute Gasteiger partial charge is 0.456 e. The van der Waals surface area contributed by atoms with E-state index >= 15 is 0 Å². The number of benzene rings is 3. The summed E-state index contributed by atoms with van der Waals surface area (Å²) in [6.07, 6.45) is 0. The highest BCUT2D eigenvalue weighted by Gasteiger charge is 2.20. The van der Waals surface area contributed by atoms with Crippen molar-refractivity contribution >= 4 is 165 Å². The lowest BCUT2D eigenvalue weighted by molar-refractivity contribution is -0.833. The first-order valence-corrected chi connectivity index (χ1v) is 17.2. The second-order valence-electron chi connectivity index (χ2n) is 7.38. The highest BCUT2D eigenvalue weighted by atomic mass is 127. The average molecular weight is 1180 g/mol. The van der Waals surface area contributed by atoms with E-state index in [4.69, 9.17) is 21.1 Å². The van der Waals surface area contributed by atoms with Gasteiger partial charge >= 0.3 is 11.9 Å². The summed E-state index contributed by atoms with van der Waals surface area (Å²) in [5, 5.41) is 0.616. The molecule has 0 heterocycles. The number of hydrogen-bond donors (Lipinski definition) is 1. The van der Waals surface area contributed by atoms with E-state index in [2.05, 4.69) is 136 Å². The molecule has 0 saturated carbocycles. The third kappa shape index (κ3) is 9.13. The Kier molecular flexibility index (Phi) is 13.5. The van der Waals surface area contributed by atoms with Crippen molar-refractivity contribution in [3.05, 3.63) is 86.1 Å². The monoisotopic (exact) mass is 1180 g/mol. The average Bonchev–Trinajstić information content (AvgIpc) is 2.82. The van der Waals surface area contributed by atoms with Crippen molar-refractivity contribution in [1.29, 1.82) is 0 Å². The first kappa shape index (κ1) is 31.8. The molecule has 0 radical (unpaired) electrons. The zero-order chi connectivity index (χ0) is 26.4. The Hall–Kier alpha value is 1.23. The summed E-state index contributed by atoms with van der Waals surface area (Å²) in [4.78, 5) is 26.5. The lowest BCUT2D eigenvalue weighted by atomic mass is 10.2. The molecule has 0 spiro atoms. The van der Waals surface area contributed by atoms with Gasteiger partial charge in [0.2, 0.25) is 0 Å². The quantitative estimate of drug-likeness (QED) is 0.140. The molecule has 3 aromatic rings. The van der Waals surface area contributed by atoms with Gasteiger partial charge in [-0.15, -0.1) is 0 Å². The number of quaternary nitrogens is 1. The normalized spacial score (nSPS) is 11.0. The Morgan fingerprint density at radius 3 is 1.64 bits per heavy atom. The molecule has 0 aliphatic carbocycles. The molecule has 5 nitrogen and oxygen atoms in total. The van der Waals surface area contributed by atoms with E-state index in [1.54, 1.807) is 0 Å². The first-order chi connectivity index (χ1) is 17.1. The summed E-state index contributed by atoms with van der Waals surface area (Å²) in [5.74, 6) is -0.703. The topological polar surface area (TPSA) is 57.0 Å². The van der Waals surface area contributed by atoms with Gasteiger partial charge in [0.05, 0.1) is 11.1 Å². The van der Waals surface area contributed by atoms with Crippen LogP contribution in [0.25, 0.3) is 0 Å². The fraction of sp³-hybridized carbons (Fsp3) is 0.167. The van der Waals surface area contributed by atoms with Crippen molar-refractivity contribution < 1.29 is 24.0 Å². The number of nitrogens with one attached hydrogen (secondary N) is 1. The molecule has 1 N–H and O–H groups in total. The molecule has 190 valence electrons. The van der Waals surface area contributed by atoms with Crippen LogP contribution in [0, 0.1) is 21.4 Å². The van der Waals surface area contributed by atoms with Crippen LogP contribution in [0.5, 0.6) is 0 Å². The summed E-state index contributed by atoms with van der Waals surface area (Å²) in [6, 6.07) is 15.2.